The first kappa shape index (κ1) is 25.7. The van der Waals surface area contributed by atoms with Gasteiger partial charge in [-0.15, -0.1) is 11.3 Å². The largest absolute Gasteiger partial charge is 0.389 e. The van der Waals surface area contributed by atoms with Crippen molar-refractivity contribution in [3.8, 4) is 10.6 Å². The van der Waals surface area contributed by atoms with E-state index in [0.29, 0.717) is 10.0 Å². The average molecular weight is 507 g/mol. The van der Waals surface area contributed by atoms with Gasteiger partial charge in [0.25, 0.3) is 5.91 Å². The van der Waals surface area contributed by atoms with Crippen molar-refractivity contribution in [2.75, 3.05) is 0 Å². The first-order valence-corrected chi connectivity index (χ1v) is 10.7. The number of ketones is 1. The number of rotatable bonds is 9. The molecule has 0 unspecified atom stereocenters. The number of nitrogens with two attached hydrogens (primary N) is 1. The standard InChI is InChI=1S/C19H18ClF3N4O3S2/c1-9(16(29)27-12(14(28)15(24)31)6-7-19(21,22)23)26-17(30)13-8-25-18(32-13)10-2-4-11(20)5-3-10/h2-5,8-9,12H,6-7H2,1H3,(H2,24,31)(H,26,30)(H,27,29)/t9-,12-/m0/s1. The van der Waals surface area contributed by atoms with E-state index in [1.54, 1.807) is 24.3 Å². The third-order valence-corrected chi connectivity index (χ3v) is 5.65. The highest BCUT2D eigenvalue weighted by Crippen LogP contribution is 2.26. The van der Waals surface area contributed by atoms with Crippen LogP contribution in [0.5, 0.6) is 0 Å². The van der Waals surface area contributed by atoms with E-state index in [0.717, 1.165) is 16.9 Å². The van der Waals surface area contributed by atoms with Crippen LogP contribution < -0.4 is 16.4 Å². The minimum absolute atomic E-state index is 0.211. The van der Waals surface area contributed by atoms with Crippen LogP contribution >= 0.6 is 35.2 Å². The van der Waals surface area contributed by atoms with E-state index < -0.39 is 53.7 Å². The number of alkyl halides is 3. The average Bonchev–Trinajstić information content (AvgIpc) is 3.20. The second-order valence-electron chi connectivity index (χ2n) is 6.68. The van der Waals surface area contributed by atoms with Crippen molar-refractivity contribution in [3.05, 3.63) is 40.4 Å². The Morgan fingerprint density at radius 2 is 1.84 bits per heavy atom. The van der Waals surface area contributed by atoms with E-state index in [1.807, 2.05) is 0 Å². The van der Waals surface area contributed by atoms with Crippen molar-refractivity contribution in [2.45, 2.75) is 38.0 Å². The molecule has 2 atom stereocenters. The molecule has 4 N–H and O–H groups in total. The Hall–Kier alpha value is -2.57. The van der Waals surface area contributed by atoms with Crippen molar-refractivity contribution in [2.24, 2.45) is 5.73 Å². The molecule has 2 amide bonds. The molecule has 0 saturated heterocycles. The highest BCUT2D eigenvalue weighted by molar-refractivity contribution is 7.82. The fraction of sp³-hybridized carbons (Fsp3) is 0.316. The quantitative estimate of drug-likeness (QED) is 0.450. The maximum absolute atomic E-state index is 12.5. The maximum Gasteiger partial charge on any atom is 0.389 e. The molecule has 0 fully saturated rings. The Bertz CT molecular complexity index is 1010. The fourth-order valence-electron chi connectivity index (χ4n) is 2.48. The van der Waals surface area contributed by atoms with Crippen LogP contribution in [-0.4, -0.2) is 45.8 Å². The number of hydrogen-bond donors (Lipinski definition) is 3. The molecule has 13 heteroatoms. The number of thiocarbonyl (C=S) groups is 1. The number of nitrogens with one attached hydrogen (secondary N) is 2. The highest BCUT2D eigenvalue weighted by atomic mass is 35.5. The second-order valence-corrected chi connectivity index (χ2v) is 8.58. The zero-order valence-electron chi connectivity index (χ0n) is 16.5. The predicted molar refractivity (Wildman–Crippen MR) is 119 cm³/mol. The Morgan fingerprint density at radius 3 is 2.41 bits per heavy atom. The molecule has 1 heterocycles. The summed E-state index contributed by atoms with van der Waals surface area (Å²) in [6, 6.07) is 4.11. The van der Waals surface area contributed by atoms with Gasteiger partial charge < -0.3 is 16.4 Å². The van der Waals surface area contributed by atoms with E-state index in [2.05, 4.69) is 27.8 Å². The van der Waals surface area contributed by atoms with Crippen molar-refractivity contribution >= 4 is 57.7 Å². The van der Waals surface area contributed by atoms with Crippen molar-refractivity contribution in [1.29, 1.82) is 0 Å². The summed E-state index contributed by atoms with van der Waals surface area (Å²) < 4.78 is 37.6. The number of carbonyl (C=O) groups is 3. The fourth-order valence-corrected chi connectivity index (χ4v) is 3.58. The third-order valence-electron chi connectivity index (χ3n) is 4.15. The van der Waals surface area contributed by atoms with E-state index in [-0.39, 0.29) is 4.88 Å². The smallest absolute Gasteiger partial charge is 0.387 e. The summed E-state index contributed by atoms with van der Waals surface area (Å²) in [6.07, 6.45) is -5.25. The normalized spacial score (nSPS) is 13.2. The number of hydrogen-bond acceptors (Lipinski definition) is 6. The first-order valence-electron chi connectivity index (χ1n) is 9.11. The van der Waals surface area contributed by atoms with E-state index in [4.69, 9.17) is 17.3 Å². The summed E-state index contributed by atoms with van der Waals surface area (Å²) in [5, 5.41) is 5.69. The van der Waals surface area contributed by atoms with Crippen molar-refractivity contribution < 1.29 is 27.6 Å². The maximum atomic E-state index is 12.5. The van der Waals surface area contributed by atoms with Crippen LogP contribution in [0.2, 0.25) is 5.02 Å². The van der Waals surface area contributed by atoms with E-state index in [9.17, 15) is 27.6 Å². The molecule has 7 nitrogen and oxygen atoms in total. The Labute approximate surface area is 195 Å². The van der Waals surface area contributed by atoms with Gasteiger partial charge in [0.2, 0.25) is 11.7 Å². The van der Waals surface area contributed by atoms with Gasteiger partial charge in [0.15, 0.2) is 0 Å². The van der Waals surface area contributed by atoms with Gasteiger partial charge in [0.1, 0.15) is 20.9 Å². The molecule has 1 aromatic heterocycles. The summed E-state index contributed by atoms with van der Waals surface area (Å²) in [5.74, 6) is -2.47. The summed E-state index contributed by atoms with van der Waals surface area (Å²) >= 11 is 11.4. The monoisotopic (exact) mass is 506 g/mol. The number of amides is 2. The van der Waals surface area contributed by atoms with Crippen LogP contribution in [-0.2, 0) is 9.59 Å². The summed E-state index contributed by atoms with van der Waals surface area (Å²) in [5.41, 5.74) is 5.95. The first-order chi connectivity index (χ1) is 14.9. The molecule has 2 rings (SSSR count). The number of thiazole rings is 1. The molecule has 0 bridgehead atoms. The summed E-state index contributed by atoms with van der Waals surface area (Å²) in [4.78, 5) is 40.5. The van der Waals surface area contributed by atoms with Gasteiger partial charge in [-0.2, -0.15) is 13.2 Å². The summed E-state index contributed by atoms with van der Waals surface area (Å²) in [6.45, 7) is 1.32. The van der Waals surface area contributed by atoms with Crippen LogP contribution in [0.3, 0.4) is 0 Å². The number of benzene rings is 1. The van der Waals surface area contributed by atoms with E-state index in [1.165, 1.54) is 13.1 Å². The predicted octanol–water partition coefficient (Wildman–Crippen LogP) is 3.26. The van der Waals surface area contributed by atoms with Gasteiger partial charge in [-0.25, -0.2) is 4.98 Å². The molecule has 0 saturated carbocycles. The van der Waals surface area contributed by atoms with Crippen LogP contribution in [0.25, 0.3) is 10.6 Å². The Kier molecular flexibility index (Phi) is 8.70. The number of Topliss-reactive ketones (excluding diaryl/α,β-unsaturated/α-hetero) is 1. The molecule has 1 aromatic carbocycles. The number of carbonyl (C=O) groups excluding carboxylic acids is 3. The molecule has 0 aliphatic carbocycles. The summed E-state index contributed by atoms with van der Waals surface area (Å²) in [7, 11) is 0. The second kappa shape index (κ2) is 10.8. The van der Waals surface area contributed by atoms with Gasteiger partial charge in [-0.05, 0) is 25.5 Å². The topological polar surface area (TPSA) is 114 Å². The minimum Gasteiger partial charge on any atom is -0.387 e. The molecular formula is C19H18ClF3N4O3S2. The lowest BCUT2D eigenvalue weighted by Crippen LogP contribution is -2.52. The molecule has 2 aromatic rings. The van der Waals surface area contributed by atoms with Crippen LogP contribution in [0.4, 0.5) is 13.2 Å². The Morgan fingerprint density at radius 1 is 1.22 bits per heavy atom. The van der Waals surface area contributed by atoms with Crippen LogP contribution in [0, 0.1) is 0 Å². The molecule has 0 aliphatic heterocycles. The van der Waals surface area contributed by atoms with Gasteiger partial charge in [0, 0.05) is 17.0 Å². The van der Waals surface area contributed by atoms with Gasteiger partial charge in [-0.3, -0.25) is 14.4 Å². The zero-order valence-corrected chi connectivity index (χ0v) is 18.9. The molecule has 0 spiro atoms. The highest BCUT2D eigenvalue weighted by Gasteiger charge is 2.32. The lowest BCUT2D eigenvalue weighted by atomic mass is 10.1. The van der Waals surface area contributed by atoms with Gasteiger partial charge in [0.05, 0.1) is 12.2 Å². The SMILES string of the molecule is C[C@H](NC(=O)c1cnc(-c2ccc(Cl)cc2)s1)C(=O)N[C@@H](CCC(F)(F)F)C(=O)C(N)=S. The lowest BCUT2D eigenvalue weighted by molar-refractivity contribution is -0.139. The van der Waals surface area contributed by atoms with Crippen LogP contribution in [0.15, 0.2) is 30.5 Å². The lowest BCUT2D eigenvalue weighted by Gasteiger charge is -2.20. The number of nitrogens with zero attached hydrogens (tertiary/aromatic N) is 1. The van der Waals surface area contributed by atoms with Crippen molar-refractivity contribution in [1.82, 2.24) is 15.6 Å². The van der Waals surface area contributed by atoms with Crippen LogP contribution in [0.1, 0.15) is 29.4 Å². The van der Waals surface area contributed by atoms with Gasteiger partial charge in [-0.1, -0.05) is 36.0 Å². The third kappa shape index (κ3) is 7.53. The van der Waals surface area contributed by atoms with E-state index >= 15 is 0 Å². The number of aromatic nitrogens is 1. The molecule has 172 valence electrons. The van der Waals surface area contributed by atoms with Gasteiger partial charge >= 0.3 is 6.18 Å². The zero-order chi connectivity index (χ0) is 24.1. The minimum atomic E-state index is -4.53. The molecular weight excluding hydrogens is 489 g/mol. The molecule has 32 heavy (non-hydrogen) atoms. The molecule has 0 aliphatic rings. The molecule has 0 radical (unpaired) electrons. The Balaban J connectivity index is 2.02. The van der Waals surface area contributed by atoms with Crippen molar-refractivity contribution in [3.63, 3.8) is 0 Å². The number of halogens is 4.